The highest BCUT2D eigenvalue weighted by molar-refractivity contribution is 5.93. The predicted octanol–water partition coefficient (Wildman–Crippen LogP) is 2.20. The third kappa shape index (κ3) is 3.42. The zero-order valence-corrected chi connectivity index (χ0v) is 12.0. The lowest BCUT2D eigenvalue weighted by Gasteiger charge is -2.06. The third-order valence-corrected chi connectivity index (χ3v) is 2.92. The Bertz CT molecular complexity index is 864. The SMILES string of the molecule is O=C(Nc1nc2cccc(OCc3cccnc3)n2n1)C(F)(F)F. The number of ether oxygens (including phenoxy) is 1. The zero-order valence-electron chi connectivity index (χ0n) is 12.0. The Morgan fingerprint density at radius 1 is 1.25 bits per heavy atom. The van der Waals surface area contributed by atoms with E-state index < -0.39 is 18.0 Å². The van der Waals surface area contributed by atoms with E-state index in [1.165, 1.54) is 10.6 Å². The Hall–Kier alpha value is -3.17. The monoisotopic (exact) mass is 337 g/mol. The van der Waals surface area contributed by atoms with Crippen LogP contribution >= 0.6 is 0 Å². The number of fused-ring (bicyclic) bond motifs is 1. The number of aromatic nitrogens is 4. The van der Waals surface area contributed by atoms with Gasteiger partial charge < -0.3 is 4.74 Å². The van der Waals surface area contributed by atoms with Crippen LogP contribution in [0.15, 0.2) is 42.7 Å². The van der Waals surface area contributed by atoms with Crippen LogP contribution in [0, 0.1) is 0 Å². The molecule has 0 aliphatic rings. The first-order valence-electron chi connectivity index (χ1n) is 6.69. The van der Waals surface area contributed by atoms with Crippen molar-refractivity contribution in [3.8, 4) is 5.88 Å². The number of amides is 1. The lowest BCUT2D eigenvalue weighted by atomic mass is 10.3. The van der Waals surface area contributed by atoms with E-state index in [9.17, 15) is 18.0 Å². The molecule has 0 aliphatic heterocycles. The highest BCUT2D eigenvalue weighted by Gasteiger charge is 2.39. The van der Waals surface area contributed by atoms with Crippen LogP contribution in [0.1, 0.15) is 5.56 Å². The molecule has 0 aromatic carbocycles. The second-order valence-corrected chi connectivity index (χ2v) is 4.67. The van der Waals surface area contributed by atoms with Gasteiger partial charge in [-0.1, -0.05) is 12.1 Å². The summed E-state index contributed by atoms with van der Waals surface area (Å²) in [6.07, 6.45) is -1.77. The van der Waals surface area contributed by atoms with Gasteiger partial charge >= 0.3 is 12.1 Å². The lowest BCUT2D eigenvalue weighted by Crippen LogP contribution is -2.30. The van der Waals surface area contributed by atoms with Crippen LogP contribution in [0.3, 0.4) is 0 Å². The normalized spacial score (nSPS) is 11.5. The van der Waals surface area contributed by atoms with E-state index in [0.29, 0.717) is 0 Å². The van der Waals surface area contributed by atoms with Crippen LogP contribution in [0.4, 0.5) is 19.1 Å². The van der Waals surface area contributed by atoms with Crippen molar-refractivity contribution in [1.82, 2.24) is 19.6 Å². The molecular weight excluding hydrogens is 327 g/mol. The van der Waals surface area contributed by atoms with Crippen molar-refractivity contribution >= 4 is 17.5 Å². The summed E-state index contributed by atoms with van der Waals surface area (Å²) in [5, 5.41) is 5.41. The predicted molar refractivity (Wildman–Crippen MR) is 76.2 cm³/mol. The lowest BCUT2D eigenvalue weighted by molar-refractivity contribution is -0.167. The Balaban J connectivity index is 1.81. The highest BCUT2D eigenvalue weighted by atomic mass is 19.4. The Morgan fingerprint density at radius 2 is 2.08 bits per heavy atom. The average Bonchev–Trinajstić information content (AvgIpc) is 2.96. The van der Waals surface area contributed by atoms with Crippen LogP contribution < -0.4 is 10.1 Å². The molecule has 7 nitrogen and oxygen atoms in total. The minimum absolute atomic E-state index is 0.192. The van der Waals surface area contributed by atoms with Gasteiger partial charge in [-0.15, -0.1) is 5.10 Å². The molecule has 0 atom stereocenters. The van der Waals surface area contributed by atoms with Crippen molar-refractivity contribution in [3.63, 3.8) is 0 Å². The molecule has 3 aromatic rings. The average molecular weight is 337 g/mol. The van der Waals surface area contributed by atoms with Crippen molar-refractivity contribution in [3.05, 3.63) is 48.3 Å². The van der Waals surface area contributed by atoms with Gasteiger partial charge in [0.15, 0.2) is 5.65 Å². The number of carbonyl (C=O) groups excluding carboxylic acids is 1. The number of carbonyl (C=O) groups is 1. The Labute approximate surface area is 133 Å². The number of halogens is 3. The number of hydrogen-bond donors (Lipinski definition) is 1. The molecule has 1 N–H and O–H groups in total. The highest BCUT2D eigenvalue weighted by Crippen LogP contribution is 2.19. The summed E-state index contributed by atoms with van der Waals surface area (Å²) < 4.78 is 43.6. The van der Waals surface area contributed by atoms with Crippen LogP contribution in [-0.2, 0) is 11.4 Å². The standard InChI is InChI=1S/C14H10F3N5O2/c15-14(16,17)12(23)20-13-19-10-4-1-5-11(22(10)21-13)24-8-9-3-2-6-18-7-9/h1-7H,8H2,(H,20,21,23). The molecule has 24 heavy (non-hydrogen) atoms. The number of alkyl halides is 3. The number of rotatable bonds is 4. The van der Waals surface area contributed by atoms with Gasteiger partial charge in [-0.25, -0.2) is 0 Å². The summed E-state index contributed by atoms with van der Waals surface area (Å²) in [4.78, 5) is 18.7. The summed E-state index contributed by atoms with van der Waals surface area (Å²) in [5.74, 6) is -2.35. The van der Waals surface area contributed by atoms with Gasteiger partial charge in [0.25, 0.3) is 0 Å². The number of hydrogen-bond acceptors (Lipinski definition) is 5. The minimum atomic E-state index is -5.02. The number of pyridine rings is 2. The maximum Gasteiger partial charge on any atom is 0.471 e. The molecule has 3 rings (SSSR count). The van der Waals surface area contributed by atoms with Crippen molar-refractivity contribution in [1.29, 1.82) is 0 Å². The van der Waals surface area contributed by atoms with Gasteiger partial charge in [0, 0.05) is 24.0 Å². The van der Waals surface area contributed by atoms with Crippen molar-refractivity contribution in [2.45, 2.75) is 12.8 Å². The first-order chi connectivity index (χ1) is 11.4. The van der Waals surface area contributed by atoms with Crippen molar-refractivity contribution in [2.75, 3.05) is 5.32 Å². The van der Waals surface area contributed by atoms with E-state index in [-0.39, 0.29) is 18.1 Å². The van der Waals surface area contributed by atoms with Crippen LogP contribution in [0.2, 0.25) is 0 Å². The van der Waals surface area contributed by atoms with Crippen LogP contribution in [0.25, 0.3) is 5.65 Å². The summed E-state index contributed by atoms with van der Waals surface area (Å²) in [6, 6.07) is 8.27. The van der Waals surface area contributed by atoms with E-state index in [2.05, 4.69) is 15.1 Å². The molecule has 0 fully saturated rings. The topological polar surface area (TPSA) is 81.4 Å². The third-order valence-electron chi connectivity index (χ3n) is 2.92. The zero-order chi connectivity index (χ0) is 17.2. The number of nitrogens with zero attached hydrogens (tertiary/aromatic N) is 4. The fourth-order valence-corrected chi connectivity index (χ4v) is 1.86. The number of nitrogens with one attached hydrogen (secondary N) is 1. The summed E-state index contributed by atoms with van der Waals surface area (Å²) in [5.41, 5.74) is 1.04. The molecule has 0 bridgehead atoms. The molecule has 3 heterocycles. The fraction of sp³-hybridized carbons (Fsp3) is 0.143. The molecule has 3 aromatic heterocycles. The summed E-state index contributed by atoms with van der Waals surface area (Å²) >= 11 is 0. The second kappa shape index (κ2) is 6.14. The smallest absolute Gasteiger partial charge is 0.471 e. The van der Waals surface area contributed by atoms with Gasteiger partial charge in [0.1, 0.15) is 6.61 Å². The van der Waals surface area contributed by atoms with E-state index in [4.69, 9.17) is 4.74 Å². The van der Waals surface area contributed by atoms with E-state index in [1.807, 2.05) is 6.07 Å². The Kier molecular flexibility index (Phi) is 4.02. The van der Waals surface area contributed by atoms with E-state index in [1.54, 1.807) is 35.9 Å². The van der Waals surface area contributed by atoms with E-state index in [0.717, 1.165) is 5.56 Å². The molecule has 0 saturated heterocycles. The van der Waals surface area contributed by atoms with Gasteiger partial charge in [0.2, 0.25) is 11.8 Å². The second-order valence-electron chi connectivity index (χ2n) is 4.67. The van der Waals surface area contributed by atoms with Crippen molar-refractivity contribution in [2.24, 2.45) is 0 Å². The summed E-state index contributed by atoms with van der Waals surface area (Å²) in [7, 11) is 0. The van der Waals surface area contributed by atoms with Crippen LogP contribution in [-0.4, -0.2) is 31.7 Å². The van der Waals surface area contributed by atoms with Gasteiger partial charge in [-0.3, -0.25) is 15.1 Å². The molecule has 0 aliphatic carbocycles. The Morgan fingerprint density at radius 3 is 2.79 bits per heavy atom. The summed E-state index contributed by atoms with van der Waals surface area (Å²) in [6.45, 7) is 0.192. The molecular formula is C14H10F3N5O2. The van der Waals surface area contributed by atoms with Crippen LogP contribution in [0.5, 0.6) is 5.88 Å². The maximum atomic E-state index is 12.3. The largest absolute Gasteiger partial charge is 0.473 e. The maximum absolute atomic E-state index is 12.3. The van der Waals surface area contributed by atoms with E-state index >= 15 is 0 Å². The molecule has 124 valence electrons. The van der Waals surface area contributed by atoms with Gasteiger partial charge in [0.05, 0.1) is 0 Å². The first-order valence-corrected chi connectivity index (χ1v) is 6.69. The molecule has 1 amide bonds. The molecule has 0 unspecified atom stereocenters. The molecule has 0 saturated carbocycles. The van der Waals surface area contributed by atoms with Gasteiger partial charge in [-0.05, 0) is 12.1 Å². The first kappa shape index (κ1) is 15.7. The number of anilines is 1. The quantitative estimate of drug-likeness (QED) is 0.789. The molecule has 0 radical (unpaired) electrons. The molecule has 0 spiro atoms. The van der Waals surface area contributed by atoms with Gasteiger partial charge in [-0.2, -0.15) is 22.7 Å². The minimum Gasteiger partial charge on any atom is -0.473 e. The molecule has 10 heteroatoms. The van der Waals surface area contributed by atoms with Crippen molar-refractivity contribution < 1.29 is 22.7 Å². The fourth-order valence-electron chi connectivity index (χ4n) is 1.86.